The minimum Gasteiger partial charge on any atom is -0.452 e. The predicted octanol–water partition coefficient (Wildman–Crippen LogP) is 4.57. The first-order valence-corrected chi connectivity index (χ1v) is 11.7. The van der Waals surface area contributed by atoms with E-state index in [1.807, 2.05) is 49.4 Å². The van der Waals surface area contributed by atoms with Crippen LogP contribution in [0.1, 0.15) is 34.3 Å². The second kappa shape index (κ2) is 11.3. The second-order valence-corrected chi connectivity index (χ2v) is 8.57. The molecule has 0 atom stereocenters. The van der Waals surface area contributed by atoms with E-state index in [4.69, 9.17) is 4.74 Å². The Morgan fingerprint density at radius 3 is 2.26 bits per heavy atom. The summed E-state index contributed by atoms with van der Waals surface area (Å²) in [4.78, 5) is 39.9. The molecule has 1 aliphatic heterocycles. The first-order chi connectivity index (χ1) is 17.0. The highest BCUT2D eigenvalue weighted by Crippen LogP contribution is 2.25. The number of hydrogen-bond acceptors (Lipinski definition) is 5. The number of carbonyl (C=O) groups excluding carboxylic acids is 3. The van der Waals surface area contributed by atoms with Crippen LogP contribution in [0.15, 0.2) is 72.8 Å². The number of nitrogens with zero attached hydrogens (tertiary/aromatic N) is 1. The molecule has 0 aromatic heterocycles. The molecule has 3 aromatic rings. The van der Waals surface area contributed by atoms with Gasteiger partial charge in [-0.1, -0.05) is 42.5 Å². The molecule has 0 spiro atoms. The highest BCUT2D eigenvalue weighted by atomic mass is 16.5. The molecule has 0 aliphatic carbocycles. The van der Waals surface area contributed by atoms with Crippen LogP contribution in [-0.4, -0.2) is 37.5 Å². The first-order valence-electron chi connectivity index (χ1n) is 11.7. The van der Waals surface area contributed by atoms with Crippen molar-refractivity contribution in [2.45, 2.75) is 26.2 Å². The number of benzene rings is 3. The summed E-state index contributed by atoms with van der Waals surface area (Å²) in [5, 5.41) is 5.56. The van der Waals surface area contributed by atoms with Crippen molar-refractivity contribution in [3.8, 4) is 0 Å². The molecular weight excluding hydrogens is 442 g/mol. The first kappa shape index (κ1) is 24.0. The van der Waals surface area contributed by atoms with E-state index in [1.165, 1.54) is 12.8 Å². The molecule has 7 heteroatoms. The average molecular weight is 472 g/mol. The van der Waals surface area contributed by atoms with Gasteiger partial charge in [0.2, 0.25) is 5.91 Å². The van der Waals surface area contributed by atoms with Crippen molar-refractivity contribution >= 4 is 34.8 Å². The van der Waals surface area contributed by atoms with E-state index in [0.29, 0.717) is 11.4 Å². The van der Waals surface area contributed by atoms with E-state index in [9.17, 15) is 14.4 Å². The predicted molar refractivity (Wildman–Crippen MR) is 137 cm³/mol. The molecule has 35 heavy (non-hydrogen) atoms. The van der Waals surface area contributed by atoms with Crippen LogP contribution in [-0.2, 0) is 20.7 Å². The standard InChI is InChI=1S/C28H29N3O4/c1-20-17-22(31-15-7-8-16-31)13-14-24(20)29-27(33)19-35-28(34)23-11-5-6-12-25(23)30-26(32)18-21-9-3-2-4-10-21/h2-6,9-14,17H,7-8,15-16,18-19H2,1H3,(H,29,33)(H,30,32). The minimum absolute atomic E-state index is 0.183. The summed E-state index contributed by atoms with van der Waals surface area (Å²) in [5.41, 5.74) is 4.17. The van der Waals surface area contributed by atoms with E-state index in [0.717, 1.165) is 29.9 Å². The Morgan fingerprint density at radius 2 is 1.51 bits per heavy atom. The zero-order valence-electron chi connectivity index (χ0n) is 19.8. The molecule has 1 fully saturated rings. The molecule has 180 valence electrons. The van der Waals surface area contributed by atoms with Crippen LogP contribution >= 0.6 is 0 Å². The van der Waals surface area contributed by atoms with Crippen LogP contribution in [0.25, 0.3) is 0 Å². The van der Waals surface area contributed by atoms with E-state index in [-0.39, 0.29) is 17.9 Å². The summed E-state index contributed by atoms with van der Waals surface area (Å²) in [6, 6.07) is 21.8. The average Bonchev–Trinajstić information content (AvgIpc) is 3.40. The Morgan fingerprint density at radius 1 is 0.829 bits per heavy atom. The summed E-state index contributed by atoms with van der Waals surface area (Å²) in [5.74, 6) is -1.36. The van der Waals surface area contributed by atoms with Crippen LogP contribution in [0, 0.1) is 6.92 Å². The van der Waals surface area contributed by atoms with Crippen molar-refractivity contribution in [3.63, 3.8) is 0 Å². The quantitative estimate of drug-likeness (QED) is 0.470. The summed E-state index contributed by atoms with van der Waals surface area (Å²) in [6.45, 7) is 3.61. The summed E-state index contributed by atoms with van der Waals surface area (Å²) < 4.78 is 5.24. The van der Waals surface area contributed by atoms with Gasteiger partial charge in [-0.3, -0.25) is 9.59 Å². The Bertz CT molecular complexity index is 1200. The van der Waals surface area contributed by atoms with Gasteiger partial charge in [-0.25, -0.2) is 4.79 Å². The molecule has 2 N–H and O–H groups in total. The van der Waals surface area contributed by atoms with Gasteiger partial charge in [-0.15, -0.1) is 0 Å². The third kappa shape index (κ3) is 6.47. The Kier molecular flexibility index (Phi) is 7.77. The molecule has 0 bridgehead atoms. The molecule has 3 aromatic carbocycles. The van der Waals surface area contributed by atoms with Gasteiger partial charge in [0.1, 0.15) is 0 Å². The van der Waals surface area contributed by atoms with Crippen LogP contribution in [0.3, 0.4) is 0 Å². The zero-order valence-corrected chi connectivity index (χ0v) is 19.8. The Hall–Kier alpha value is -4.13. The molecule has 0 saturated carbocycles. The summed E-state index contributed by atoms with van der Waals surface area (Å²) in [6.07, 6.45) is 2.58. The van der Waals surface area contributed by atoms with Crippen molar-refractivity contribution < 1.29 is 19.1 Å². The number of carbonyl (C=O) groups is 3. The number of nitrogens with one attached hydrogen (secondary N) is 2. The lowest BCUT2D eigenvalue weighted by atomic mass is 10.1. The van der Waals surface area contributed by atoms with Gasteiger partial charge in [0.25, 0.3) is 5.91 Å². The Balaban J connectivity index is 1.32. The molecule has 1 saturated heterocycles. The number of esters is 1. The molecule has 4 rings (SSSR count). The number of ether oxygens (including phenoxy) is 1. The van der Waals surface area contributed by atoms with Gasteiger partial charge in [-0.2, -0.15) is 0 Å². The lowest BCUT2D eigenvalue weighted by Gasteiger charge is -2.19. The topological polar surface area (TPSA) is 87.7 Å². The van der Waals surface area contributed by atoms with Crippen LogP contribution in [0.4, 0.5) is 17.1 Å². The van der Waals surface area contributed by atoms with Crippen molar-refractivity contribution in [3.05, 3.63) is 89.5 Å². The SMILES string of the molecule is Cc1cc(N2CCCC2)ccc1NC(=O)COC(=O)c1ccccc1NC(=O)Cc1ccccc1. The maximum atomic E-state index is 12.7. The highest BCUT2D eigenvalue weighted by molar-refractivity contribution is 6.03. The highest BCUT2D eigenvalue weighted by Gasteiger charge is 2.17. The number of rotatable bonds is 8. The van der Waals surface area contributed by atoms with Gasteiger partial charge < -0.3 is 20.3 Å². The third-order valence-corrected chi connectivity index (χ3v) is 5.92. The number of para-hydroxylation sites is 1. The van der Waals surface area contributed by atoms with E-state index >= 15 is 0 Å². The van der Waals surface area contributed by atoms with E-state index in [2.05, 4.69) is 21.6 Å². The number of amides is 2. The lowest BCUT2D eigenvalue weighted by Crippen LogP contribution is -2.23. The summed E-state index contributed by atoms with van der Waals surface area (Å²) >= 11 is 0. The molecule has 2 amide bonds. The van der Waals surface area contributed by atoms with Gasteiger partial charge in [-0.05, 0) is 61.2 Å². The number of anilines is 3. The summed E-state index contributed by atoms with van der Waals surface area (Å²) in [7, 11) is 0. The van der Waals surface area contributed by atoms with Crippen molar-refractivity contribution in [1.29, 1.82) is 0 Å². The second-order valence-electron chi connectivity index (χ2n) is 8.57. The van der Waals surface area contributed by atoms with Gasteiger partial charge in [0.05, 0.1) is 17.7 Å². The molecule has 0 radical (unpaired) electrons. The molecule has 1 heterocycles. The smallest absolute Gasteiger partial charge is 0.340 e. The Labute approximate surface area is 205 Å². The minimum atomic E-state index is -0.683. The molecule has 1 aliphatic rings. The number of hydrogen-bond donors (Lipinski definition) is 2. The molecular formula is C28H29N3O4. The molecule has 0 unspecified atom stereocenters. The van der Waals surface area contributed by atoms with Crippen molar-refractivity contribution in [2.75, 3.05) is 35.2 Å². The lowest BCUT2D eigenvalue weighted by molar-refractivity contribution is -0.119. The maximum absolute atomic E-state index is 12.7. The monoisotopic (exact) mass is 471 g/mol. The normalized spacial score (nSPS) is 12.8. The van der Waals surface area contributed by atoms with Gasteiger partial charge >= 0.3 is 5.97 Å². The van der Waals surface area contributed by atoms with Crippen LogP contribution < -0.4 is 15.5 Å². The zero-order chi connectivity index (χ0) is 24.6. The largest absolute Gasteiger partial charge is 0.452 e. The number of aryl methyl sites for hydroxylation is 1. The fraction of sp³-hybridized carbons (Fsp3) is 0.250. The van der Waals surface area contributed by atoms with Crippen LogP contribution in [0.2, 0.25) is 0 Å². The fourth-order valence-corrected chi connectivity index (χ4v) is 4.10. The van der Waals surface area contributed by atoms with Gasteiger partial charge in [0, 0.05) is 24.5 Å². The van der Waals surface area contributed by atoms with E-state index < -0.39 is 18.5 Å². The van der Waals surface area contributed by atoms with Crippen molar-refractivity contribution in [1.82, 2.24) is 0 Å². The maximum Gasteiger partial charge on any atom is 0.340 e. The third-order valence-electron chi connectivity index (χ3n) is 5.92. The van der Waals surface area contributed by atoms with Crippen LogP contribution in [0.5, 0.6) is 0 Å². The molecule has 7 nitrogen and oxygen atoms in total. The van der Waals surface area contributed by atoms with Gasteiger partial charge in [0.15, 0.2) is 6.61 Å². The fourth-order valence-electron chi connectivity index (χ4n) is 4.10. The van der Waals surface area contributed by atoms with E-state index in [1.54, 1.807) is 24.3 Å². The van der Waals surface area contributed by atoms with Crippen molar-refractivity contribution in [2.24, 2.45) is 0 Å².